The van der Waals surface area contributed by atoms with Gasteiger partial charge in [0.2, 0.25) is 5.91 Å². The molecule has 2 fully saturated rings. The molecule has 0 spiro atoms. The van der Waals surface area contributed by atoms with Crippen molar-refractivity contribution in [2.75, 3.05) is 25.1 Å². The van der Waals surface area contributed by atoms with Crippen LogP contribution < -0.4 is 10.6 Å². The number of nitrogens with one attached hydrogen (secondary N) is 2. The summed E-state index contributed by atoms with van der Waals surface area (Å²) in [6, 6.07) is 10.1. The molecule has 2 amide bonds. The van der Waals surface area contributed by atoms with Crippen molar-refractivity contribution in [3.63, 3.8) is 0 Å². The smallest absolute Gasteiger partial charge is 0.257 e. The van der Waals surface area contributed by atoms with Gasteiger partial charge in [0.15, 0.2) is 0 Å². The van der Waals surface area contributed by atoms with Gasteiger partial charge in [-0.2, -0.15) is 0 Å². The Hall–Kier alpha value is -3.16. The van der Waals surface area contributed by atoms with E-state index in [4.69, 9.17) is 16.3 Å². The number of halogens is 2. The highest BCUT2D eigenvalue weighted by atomic mass is 35.5. The Labute approximate surface area is 240 Å². The molecule has 2 aliphatic heterocycles. The Morgan fingerprint density at radius 3 is 2.58 bits per heavy atom. The predicted molar refractivity (Wildman–Crippen MR) is 156 cm³/mol. The monoisotopic (exact) mass is 565 g/mol. The molecule has 5 rings (SSSR count). The first-order valence-electron chi connectivity index (χ1n) is 14.2. The van der Waals surface area contributed by atoms with E-state index in [1.165, 1.54) is 6.07 Å². The Morgan fingerprint density at radius 1 is 1.07 bits per heavy atom. The van der Waals surface area contributed by atoms with Gasteiger partial charge in [-0.1, -0.05) is 42.0 Å². The number of carbonyl (C=O) groups excluding carboxylic acids is 2. The SMILES string of the molecule is Cc1ccc(NC(=O)[C@H]2CCCN(C(=O)c3c(C)cccc3F)[C@H]2C2C=CC(NC3CCOCC3)=CC2)cc1Cl. The van der Waals surface area contributed by atoms with E-state index < -0.39 is 17.8 Å². The summed E-state index contributed by atoms with van der Waals surface area (Å²) < 4.78 is 20.4. The molecule has 2 saturated heterocycles. The molecule has 6 nitrogen and oxygen atoms in total. The van der Waals surface area contributed by atoms with E-state index >= 15 is 0 Å². The lowest BCUT2D eigenvalue weighted by Crippen LogP contribution is -2.55. The summed E-state index contributed by atoms with van der Waals surface area (Å²) in [5.41, 5.74) is 3.27. The zero-order chi connectivity index (χ0) is 28.2. The van der Waals surface area contributed by atoms with Crippen molar-refractivity contribution in [3.8, 4) is 0 Å². The van der Waals surface area contributed by atoms with Crippen molar-refractivity contribution in [3.05, 3.63) is 87.9 Å². The summed E-state index contributed by atoms with van der Waals surface area (Å²) in [7, 11) is 0. The van der Waals surface area contributed by atoms with Crippen LogP contribution in [0, 0.1) is 31.5 Å². The molecule has 3 atom stereocenters. The van der Waals surface area contributed by atoms with Gasteiger partial charge < -0.3 is 20.3 Å². The second kappa shape index (κ2) is 12.6. The van der Waals surface area contributed by atoms with Crippen LogP contribution >= 0.6 is 11.6 Å². The van der Waals surface area contributed by atoms with Crippen molar-refractivity contribution in [2.24, 2.45) is 11.8 Å². The highest BCUT2D eigenvalue weighted by molar-refractivity contribution is 6.31. The number of amides is 2. The van der Waals surface area contributed by atoms with Crippen LogP contribution in [0.3, 0.4) is 0 Å². The number of nitrogens with zero attached hydrogens (tertiary/aromatic N) is 1. The lowest BCUT2D eigenvalue weighted by atomic mass is 9.77. The van der Waals surface area contributed by atoms with Gasteiger partial charge >= 0.3 is 0 Å². The van der Waals surface area contributed by atoms with Crippen molar-refractivity contribution < 1.29 is 18.7 Å². The zero-order valence-corrected chi connectivity index (χ0v) is 23.8. The molecule has 2 aromatic carbocycles. The van der Waals surface area contributed by atoms with E-state index in [-0.39, 0.29) is 23.3 Å². The topological polar surface area (TPSA) is 70.7 Å². The van der Waals surface area contributed by atoms with E-state index in [0.29, 0.717) is 48.1 Å². The fraction of sp³-hybridized carbons (Fsp3) is 0.438. The van der Waals surface area contributed by atoms with Gasteiger partial charge in [-0.15, -0.1) is 0 Å². The Morgan fingerprint density at radius 2 is 1.88 bits per heavy atom. The first-order valence-corrected chi connectivity index (χ1v) is 14.6. The molecule has 2 aromatic rings. The Bertz CT molecular complexity index is 1300. The van der Waals surface area contributed by atoms with Crippen LogP contribution in [0.25, 0.3) is 0 Å². The summed E-state index contributed by atoms with van der Waals surface area (Å²) >= 11 is 6.31. The summed E-state index contributed by atoms with van der Waals surface area (Å²) in [6.45, 7) is 5.65. The highest BCUT2D eigenvalue weighted by Crippen LogP contribution is 2.36. The number of allylic oxidation sites excluding steroid dienone is 2. The third-order valence-corrected chi connectivity index (χ3v) is 8.73. The van der Waals surface area contributed by atoms with E-state index in [0.717, 1.165) is 37.3 Å². The van der Waals surface area contributed by atoms with Crippen LogP contribution in [0.4, 0.5) is 10.1 Å². The van der Waals surface area contributed by atoms with Crippen molar-refractivity contribution in [1.29, 1.82) is 0 Å². The Balaban J connectivity index is 1.41. The van der Waals surface area contributed by atoms with Crippen molar-refractivity contribution >= 4 is 29.1 Å². The second-order valence-electron chi connectivity index (χ2n) is 11.1. The molecule has 0 saturated carbocycles. The van der Waals surface area contributed by atoms with Gasteiger partial charge in [0.1, 0.15) is 5.82 Å². The fourth-order valence-corrected chi connectivity index (χ4v) is 6.28. The van der Waals surface area contributed by atoms with Crippen LogP contribution in [-0.2, 0) is 9.53 Å². The van der Waals surface area contributed by atoms with Gasteiger partial charge in [-0.25, -0.2) is 4.39 Å². The molecule has 2 heterocycles. The third-order valence-electron chi connectivity index (χ3n) is 8.32. The maximum Gasteiger partial charge on any atom is 0.257 e. The quantitative estimate of drug-likeness (QED) is 0.438. The molecule has 212 valence electrons. The van der Waals surface area contributed by atoms with Crippen LogP contribution in [0.5, 0.6) is 0 Å². The first kappa shape index (κ1) is 28.4. The van der Waals surface area contributed by atoms with Crippen molar-refractivity contribution in [2.45, 2.75) is 58.0 Å². The average Bonchev–Trinajstić information content (AvgIpc) is 2.95. The summed E-state index contributed by atoms with van der Waals surface area (Å²) in [5.74, 6) is -1.60. The number of anilines is 1. The standard InChI is InChI=1S/C32H37ClFN3O3/c1-20-8-11-25(19-27(20)33)36-31(38)26-6-4-16-37(32(39)29-21(2)5-3-7-28(29)34)30(26)22-9-12-23(13-10-22)35-24-14-17-40-18-15-24/h3,5,7-9,11-13,19,22,24,26,30,35H,4,6,10,14-18H2,1-2H3,(H,36,38)/t22?,26-,30-/m0/s1. The minimum absolute atomic E-state index is 0.0797. The summed E-state index contributed by atoms with van der Waals surface area (Å²) in [4.78, 5) is 29.4. The first-order chi connectivity index (χ1) is 19.3. The lowest BCUT2D eigenvalue weighted by molar-refractivity contribution is -0.123. The van der Waals surface area contributed by atoms with Crippen LogP contribution in [0.15, 0.2) is 60.3 Å². The van der Waals surface area contributed by atoms with Crippen LogP contribution in [0.2, 0.25) is 5.02 Å². The second-order valence-corrected chi connectivity index (χ2v) is 11.5. The molecule has 1 aliphatic carbocycles. The van der Waals surface area contributed by atoms with Crippen LogP contribution in [-0.4, -0.2) is 48.6 Å². The number of rotatable bonds is 6. The number of hydrogen-bond donors (Lipinski definition) is 2. The minimum atomic E-state index is -0.536. The molecule has 1 unspecified atom stereocenters. The summed E-state index contributed by atoms with van der Waals surface area (Å²) in [5, 5.41) is 7.22. The average molecular weight is 566 g/mol. The van der Waals surface area contributed by atoms with E-state index in [9.17, 15) is 14.0 Å². The number of carbonyl (C=O) groups is 2. The molecule has 0 bridgehead atoms. The number of hydrogen-bond acceptors (Lipinski definition) is 4. The third kappa shape index (κ3) is 6.26. The van der Waals surface area contributed by atoms with Gasteiger partial charge in [0.05, 0.1) is 17.5 Å². The normalized spacial score (nSPS) is 23.4. The Kier molecular flexibility index (Phi) is 8.91. The molecule has 0 aromatic heterocycles. The molecule has 0 radical (unpaired) electrons. The molecule has 40 heavy (non-hydrogen) atoms. The number of likely N-dealkylation sites (tertiary alicyclic amines) is 1. The van der Waals surface area contributed by atoms with Gasteiger partial charge in [0, 0.05) is 48.1 Å². The maximum absolute atomic E-state index is 14.9. The molecule has 8 heteroatoms. The van der Waals surface area contributed by atoms with E-state index in [1.54, 1.807) is 30.0 Å². The summed E-state index contributed by atoms with van der Waals surface area (Å²) in [6.07, 6.45) is 10.2. The number of benzene rings is 2. The largest absolute Gasteiger partial charge is 0.382 e. The van der Waals surface area contributed by atoms with Gasteiger partial charge in [-0.3, -0.25) is 9.59 Å². The van der Waals surface area contributed by atoms with Crippen molar-refractivity contribution in [1.82, 2.24) is 10.2 Å². The molecule has 2 N–H and O–H groups in total. The predicted octanol–water partition coefficient (Wildman–Crippen LogP) is 6.18. The molecule has 3 aliphatic rings. The van der Waals surface area contributed by atoms with Gasteiger partial charge in [-0.05, 0) is 81.4 Å². The number of piperidine rings is 1. The number of aryl methyl sites for hydroxylation is 2. The molecular weight excluding hydrogens is 529 g/mol. The number of ether oxygens (including phenoxy) is 1. The fourth-order valence-electron chi connectivity index (χ4n) is 6.10. The van der Waals surface area contributed by atoms with E-state index in [2.05, 4.69) is 28.9 Å². The van der Waals surface area contributed by atoms with Gasteiger partial charge in [0.25, 0.3) is 5.91 Å². The highest BCUT2D eigenvalue weighted by Gasteiger charge is 2.43. The van der Waals surface area contributed by atoms with E-state index in [1.807, 2.05) is 19.1 Å². The van der Waals surface area contributed by atoms with Crippen LogP contribution in [0.1, 0.15) is 53.6 Å². The minimum Gasteiger partial charge on any atom is -0.382 e. The lowest BCUT2D eigenvalue weighted by Gasteiger charge is -2.44. The molecular formula is C32H37ClFN3O3. The maximum atomic E-state index is 14.9. The zero-order valence-electron chi connectivity index (χ0n) is 23.1.